The zero-order valence-electron chi connectivity index (χ0n) is 4.71. The summed E-state index contributed by atoms with van der Waals surface area (Å²) < 4.78 is 10.9. The average Bonchev–Trinajstić information content (AvgIpc) is 1.81. The van der Waals surface area contributed by atoms with Crippen LogP contribution >= 0.6 is 0 Å². The molecule has 0 atom stereocenters. The second kappa shape index (κ2) is 6.08. The lowest BCUT2D eigenvalue weighted by Crippen LogP contribution is -1.55. The minimum atomic E-state index is 1.08. The zero-order chi connectivity index (χ0) is 6.24. The third-order valence-electron chi connectivity index (χ3n) is 0.557. The van der Waals surface area contributed by atoms with Gasteiger partial charge in [-0.2, -0.15) is 0 Å². The molecule has 0 aliphatic heterocycles. The van der Waals surface area contributed by atoms with Crippen molar-refractivity contribution < 1.29 is 4.48 Å². The standard InChI is InChI=1S/C6H8FN/c1-2-3-4-5-6-8-7/h2-6H,1H3/b3-2-,5-4-,8-6+. The molecule has 0 spiro atoms. The van der Waals surface area contributed by atoms with E-state index in [0.29, 0.717) is 0 Å². The summed E-state index contributed by atoms with van der Waals surface area (Å²) in [5.74, 6) is 0. The van der Waals surface area contributed by atoms with Gasteiger partial charge in [-0.3, -0.25) is 0 Å². The van der Waals surface area contributed by atoms with Crippen LogP contribution in [0.5, 0.6) is 0 Å². The number of hydrogen-bond donors (Lipinski definition) is 0. The molecule has 0 radical (unpaired) electrons. The van der Waals surface area contributed by atoms with Crippen LogP contribution in [0.3, 0.4) is 0 Å². The molecule has 8 heavy (non-hydrogen) atoms. The first kappa shape index (κ1) is 7.08. The van der Waals surface area contributed by atoms with Gasteiger partial charge in [0.15, 0.2) is 0 Å². The Morgan fingerprint density at radius 2 is 2.00 bits per heavy atom. The fraction of sp³-hybridized carbons (Fsp3) is 0.167. The van der Waals surface area contributed by atoms with Crippen molar-refractivity contribution in [3.05, 3.63) is 24.3 Å². The molecule has 0 rings (SSSR count). The Hall–Kier alpha value is -0.920. The first-order valence-electron chi connectivity index (χ1n) is 2.34. The summed E-state index contributed by atoms with van der Waals surface area (Å²) in [5.41, 5.74) is 0. The molecule has 0 amide bonds. The van der Waals surface area contributed by atoms with Gasteiger partial charge in [-0.25, -0.2) is 0 Å². The van der Waals surface area contributed by atoms with Crippen molar-refractivity contribution in [3.8, 4) is 0 Å². The number of hydrogen-bond acceptors (Lipinski definition) is 1. The van der Waals surface area contributed by atoms with Crippen LogP contribution in [0.4, 0.5) is 4.48 Å². The third kappa shape index (κ3) is 5.08. The summed E-state index contributed by atoms with van der Waals surface area (Å²) in [7, 11) is 0. The van der Waals surface area contributed by atoms with Gasteiger partial charge in [0.05, 0.1) is 6.21 Å². The molecule has 0 saturated carbocycles. The minimum Gasteiger partial charge on any atom is -0.0956 e. The lowest BCUT2D eigenvalue weighted by Gasteiger charge is -1.66. The van der Waals surface area contributed by atoms with E-state index in [2.05, 4.69) is 5.21 Å². The van der Waals surface area contributed by atoms with Crippen LogP contribution in [0.25, 0.3) is 0 Å². The van der Waals surface area contributed by atoms with Crippen LogP contribution in [0.1, 0.15) is 6.92 Å². The van der Waals surface area contributed by atoms with Crippen LogP contribution in [-0.4, -0.2) is 6.21 Å². The summed E-state index contributed by atoms with van der Waals surface area (Å²) in [4.78, 5) is 0. The molecule has 2 heteroatoms. The van der Waals surface area contributed by atoms with Gasteiger partial charge in [-0.15, -0.1) is 0 Å². The van der Waals surface area contributed by atoms with Crippen LogP contribution in [0.15, 0.2) is 29.5 Å². The zero-order valence-corrected chi connectivity index (χ0v) is 4.71. The highest BCUT2D eigenvalue weighted by Gasteiger charge is 1.58. The lowest BCUT2D eigenvalue weighted by atomic mass is 10.4. The molecular weight excluding hydrogens is 105 g/mol. The van der Waals surface area contributed by atoms with Crippen molar-refractivity contribution in [3.63, 3.8) is 0 Å². The lowest BCUT2D eigenvalue weighted by molar-refractivity contribution is 0.542. The molecule has 1 nitrogen and oxygen atoms in total. The Bertz CT molecular complexity index is 99.7. The molecule has 0 aliphatic carbocycles. The Morgan fingerprint density at radius 3 is 2.50 bits per heavy atom. The Balaban J connectivity index is 3.35. The minimum absolute atomic E-state index is 1.08. The van der Waals surface area contributed by atoms with Gasteiger partial charge in [0.2, 0.25) is 0 Å². The number of halogens is 1. The van der Waals surface area contributed by atoms with Gasteiger partial charge in [-0.1, -0.05) is 27.9 Å². The summed E-state index contributed by atoms with van der Waals surface area (Å²) in [6, 6.07) is 0. The maximum absolute atomic E-state index is 10.9. The summed E-state index contributed by atoms with van der Waals surface area (Å²) in [5, 5.41) is 2.26. The summed E-state index contributed by atoms with van der Waals surface area (Å²) >= 11 is 0. The normalized spacial score (nSPS) is 12.8. The fourth-order valence-electron chi connectivity index (χ4n) is 0.257. The van der Waals surface area contributed by atoms with Crippen LogP contribution < -0.4 is 0 Å². The monoisotopic (exact) mass is 113 g/mol. The van der Waals surface area contributed by atoms with Crippen molar-refractivity contribution in [2.45, 2.75) is 6.92 Å². The largest absolute Gasteiger partial charge is 0.0956 e. The highest BCUT2D eigenvalue weighted by atomic mass is 19.2. The first-order chi connectivity index (χ1) is 3.91. The number of rotatable bonds is 2. The van der Waals surface area contributed by atoms with E-state index in [9.17, 15) is 4.48 Å². The van der Waals surface area contributed by atoms with E-state index < -0.39 is 0 Å². The van der Waals surface area contributed by atoms with E-state index in [0.717, 1.165) is 6.21 Å². The van der Waals surface area contributed by atoms with E-state index in [1.807, 2.05) is 13.0 Å². The molecule has 0 aromatic carbocycles. The maximum Gasteiger partial charge on any atom is 0.0599 e. The predicted octanol–water partition coefficient (Wildman–Crippen LogP) is 2.07. The van der Waals surface area contributed by atoms with E-state index in [-0.39, 0.29) is 0 Å². The molecule has 0 heterocycles. The summed E-state index contributed by atoms with van der Waals surface area (Å²) in [6.45, 7) is 1.89. The van der Waals surface area contributed by atoms with E-state index in [1.165, 1.54) is 6.08 Å². The van der Waals surface area contributed by atoms with Gasteiger partial charge >= 0.3 is 0 Å². The second-order valence-electron chi connectivity index (χ2n) is 1.16. The van der Waals surface area contributed by atoms with Gasteiger partial charge in [0.1, 0.15) is 0 Å². The molecule has 0 fully saturated rings. The van der Waals surface area contributed by atoms with Gasteiger partial charge in [0, 0.05) is 0 Å². The van der Waals surface area contributed by atoms with Gasteiger partial charge in [0.25, 0.3) is 0 Å². The molecule has 0 unspecified atom stereocenters. The Morgan fingerprint density at radius 1 is 1.25 bits per heavy atom. The smallest absolute Gasteiger partial charge is 0.0599 e. The van der Waals surface area contributed by atoms with Gasteiger partial charge in [-0.05, 0) is 13.0 Å². The third-order valence-corrected chi connectivity index (χ3v) is 0.557. The molecular formula is C6H8FN. The van der Waals surface area contributed by atoms with Crippen molar-refractivity contribution in [2.75, 3.05) is 0 Å². The van der Waals surface area contributed by atoms with Crippen LogP contribution in [-0.2, 0) is 0 Å². The molecule has 0 N–H and O–H groups in total. The van der Waals surface area contributed by atoms with E-state index in [1.54, 1.807) is 12.2 Å². The van der Waals surface area contributed by atoms with E-state index >= 15 is 0 Å². The molecule has 0 bridgehead atoms. The molecule has 0 saturated heterocycles. The molecule has 0 aliphatic rings. The number of allylic oxidation sites excluding steroid dienone is 4. The van der Waals surface area contributed by atoms with E-state index in [4.69, 9.17) is 0 Å². The fourth-order valence-corrected chi connectivity index (χ4v) is 0.257. The quantitative estimate of drug-likeness (QED) is 0.384. The van der Waals surface area contributed by atoms with Crippen molar-refractivity contribution >= 4 is 6.21 Å². The highest BCUT2D eigenvalue weighted by molar-refractivity contribution is 5.70. The van der Waals surface area contributed by atoms with Crippen LogP contribution in [0, 0.1) is 0 Å². The molecule has 0 aromatic heterocycles. The Labute approximate surface area is 48.2 Å². The number of nitrogens with zero attached hydrogens (tertiary/aromatic N) is 1. The van der Waals surface area contributed by atoms with Gasteiger partial charge < -0.3 is 0 Å². The molecule has 0 aromatic rings. The topological polar surface area (TPSA) is 12.4 Å². The van der Waals surface area contributed by atoms with Crippen molar-refractivity contribution in [2.24, 2.45) is 5.21 Å². The predicted molar refractivity (Wildman–Crippen MR) is 33.6 cm³/mol. The Kier molecular flexibility index (Phi) is 5.38. The summed E-state index contributed by atoms with van der Waals surface area (Å²) in [6.07, 6.45) is 7.94. The maximum atomic E-state index is 10.9. The second-order valence-corrected chi connectivity index (χ2v) is 1.16. The van der Waals surface area contributed by atoms with Crippen LogP contribution in [0.2, 0.25) is 0 Å². The SMILES string of the molecule is C\C=C/C=C\C=N\F. The first-order valence-corrected chi connectivity index (χ1v) is 2.34. The van der Waals surface area contributed by atoms with Crippen molar-refractivity contribution in [1.29, 1.82) is 0 Å². The highest BCUT2D eigenvalue weighted by Crippen LogP contribution is 1.73. The van der Waals surface area contributed by atoms with Crippen molar-refractivity contribution in [1.82, 2.24) is 0 Å². The average molecular weight is 113 g/mol. The molecule has 44 valence electrons.